The Morgan fingerprint density at radius 1 is 0.857 bits per heavy atom. The van der Waals surface area contributed by atoms with Gasteiger partial charge in [-0.05, 0) is 80.9 Å². The molecule has 1 aliphatic rings. The van der Waals surface area contributed by atoms with E-state index < -0.39 is 0 Å². The van der Waals surface area contributed by atoms with Gasteiger partial charge >= 0.3 is 0 Å². The van der Waals surface area contributed by atoms with E-state index in [2.05, 4.69) is 60.2 Å². The Balaban J connectivity index is 0.000000203. The number of methoxy groups -OCH3 is 1. The van der Waals surface area contributed by atoms with Crippen LogP contribution in [0.15, 0.2) is 77.7 Å². The molecule has 4 rings (SSSR count). The van der Waals surface area contributed by atoms with Gasteiger partial charge in [0, 0.05) is 43.2 Å². The summed E-state index contributed by atoms with van der Waals surface area (Å²) in [5.41, 5.74) is 3.78. The predicted molar refractivity (Wildman–Crippen MR) is 146 cm³/mol. The number of ether oxygens (including phenoxy) is 1. The summed E-state index contributed by atoms with van der Waals surface area (Å²) >= 11 is 1.36. The zero-order valence-electron chi connectivity index (χ0n) is 21.0. The van der Waals surface area contributed by atoms with Crippen LogP contribution in [0, 0.1) is 6.92 Å². The van der Waals surface area contributed by atoms with E-state index in [-0.39, 0.29) is 0 Å². The number of benzene rings is 3. The lowest BCUT2D eigenvalue weighted by Gasteiger charge is -2.34. The van der Waals surface area contributed by atoms with Crippen molar-refractivity contribution in [2.24, 2.45) is 0 Å². The Bertz CT molecular complexity index is 1000. The lowest BCUT2D eigenvalue weighted by molar-refractivity contribution is -0.107. The molecule has 1 saturated heterocycles. The Morgan fingerprint density at radius 2 is 1.49 bits per heavy atom. The van der Waals surface area contributed by atoms with Crippen molar-refractivity contribution >= 4 is 24.0 Å². The Kier molecular flexibility index (Phi) is 11.0. The van der Waals surface area contributed by atoms with E-state index in [1.807, 2.05) is 36.4 Å². The SMILES string of the molecule is COc1ccc(N2CCN(C)CC2)cc1.Cc1ccc(SOc2ccc(CCCC=O)cc2)cc1. The second-order valence-electron chi connectivity index (χ2n) is 8.67. The van der Waals surface area contributed by atoms with Gasteiger partial charge in [0.05, 0.1) is 19.2 Å². The van der Waals surface area contributed by atoms with Crippen LogP contribution in [-0.2, 0) is 11.2 Å². The smallest absolute Gasteiger partial charge is 0.137 e. The maximum absolute atomic E-state index is 10.3. The summed E-state index contributed by atoms with van der Waals surface area (Å²) in [6, 6.07) is 24.6. The van der Waals surface area contributed by atoms with Crippen molar-refractivity contribution in [2.75, 3.05) is 45.2 Å². The van der Waals surface area contributed by atoms with Gasteiger partial charge in [0.1, 0.15) is 17.8 Å². The number of carbonyl (C=O) groups is 1. The molecule has 0 aromatic heterocycles. The summed E-state index contributed by atoms with van der Waals surface area (Å²) in [6.45, 7) is 6.59. The molecule has 0 N–H and O–H groups in total. The van der Waals surface area contributed by atoms with Crippen molar-refractivity contribution in [1.82, 2.24) is 4.90 Å². The van der Waals surface area contributed by atoms with Crippen LogP contribution in [-0.4, -0.2) is 51.5 Å². The third-order valence-corrected chi connectivity index (χ3v) is 6.65. The van der Waals surface area contributed by atoms with Gasteiger partial charge in [0.2, 0.25) is 0 Å². The number of hydrogen-bond donors (Lipinski definition) is 0. The quantitative estimate of drug-likeness (QED) is 0.206. The topological polar surface area (TPSA) is 42.0 Å². The number of carbonyl (C=O) groups excluding carboxylic acids is 1. The zero-order chi connectivity index (χ0) is 24.9. The molecule has 0 aliphatic carbocycles. The van der Waals surface area contributed by atoms with Crippen molar-refractivity contribution in [3.63, 3.8) is 0 Å². The Labute approximate surface area is 214 Å². The van der Waals surface area contributed by atoms with E-state index in [4.69, 9.17) is 8.92 Å². The van der Waals surface area contributed by atoms with E-state index in [0.717, 1.165) is 61.7 Å². The highest BCUT2D eigenvalue weighted by molar-refractivity contribution is 7.95. The fourth-order valence-corrected chi connectivity index (χ4v) is 4.20. The molecule has 0 amide bonds. The number of unbranched alkanes of at least 4 members (excludes halogenated alkanes) is 1. The van der Waals surface area contributed by atoms with Crippen LogP contribution in [0.4, 0.5) is 5.69 Å². The molecular formula is C29H36N2O3S. The van der Waals surface area contributed by atoms with Gasteiger partial charge in [-0.3, -0.25) is 0 Å². The highest BCUT2D eigenvalue weighted by Crippen LogP contribution is 2.24. The highest BCUT2D eigenvalue weighted by Gasteiger charge is 2.13. The summed E-state index contributed by atoms with van der Waals surface area (Å²) in [4.78, 5) is 16.1. The molecule has 0 unspecified atom stereocenters. The fraction of sp³-hybridized carbons (Fsp3) is 0.345. The van der Waals surface area contributed by atoms with Crippen LogP contribution in [0.3, 0.4) is 0 Å². The molecule has 1 heterocycles. The number of likely N-dealkylation sites (N-methyl/N-ethyl adjacent to an activating group) is 1. The van der Waals surface area contributed by atoms with Crippen molar-refractivity contribution in [3.05, 3.63) is 83.9 Å². The average Bonchev–Trinajstić information content (AvgIpc) is 2.90. The van der Waals surface area contributed by atoms with E-state index in [9.17, 15) is 4.79 Å². The second kappa shape index (κ2) is 14.4. The normalized spacial score (nSPS) is 13.5. The molecule has 3 aromatic carbocycles. The van der Waals surface area contributed by atoms with E-state index in [1.165, 1.54) is 28.9 Å². The molecule has 6 heteroatoms. The zero-order valence-corrected chi connectivity index (χ0v) is 21.8. The Hall–Kier alpha value is -2.96. The number of hydrogen-bond acceptors (Lipinski definition) is 6. The number of rotatable bonds is 9. The number of piperazine rings is 1. The minimum Gasteiger partial charge on any atom is -0.497 e. The molecular weight excluding hydrogens is 456 g/mol. The number of aryl methyl sites for hydroxylation is 2. The molecule has 0 spiro atoms. The molecule has 3 aromatic rings. The van der Waals surface area contributed by atoms with Gasteiger partial charge < -0.3 is 23.5 Å². The maximum Gasteiger partial charge on any atom is 0.137 e. The van der Waals surface area contributed by atoms with Crippen molar-refractivity contribution in [2.45, 2.75) is 31.1 Å². The molecule has 0 radical (unpaired) electrons. The first kappa shape index (κ1) is 26.6. The summed E-state index contributed by atoms with van der Waals surface area (Å²) in [6.07, 6.45) is 3.43. The van der Waals surface area contributed by atoms with Crippen LogP contribution in [0.25, 0.3) is 0 Å². The third-order valence-electron chi connectivity index (χ3n) is 5.91. The summed E-state index contributed by atoms with van der Waals surface area (Å²) < 4.78 is 10.8. The van der Waals surface area contributed by atoms with Crippen LogP contribution < -0.4 is 13.8 Å². The standard InChI is InChI=1S/C17H18O2S.C12H18N2O/c1-14-5-11-17(12-6-14)20-19-16-9-7-15(8-10-16)4-2-3-13-18;1-13-7-9-14(10-8-13)11-3-5-12(15-2)6-4-11/h5-13H,2-4H2,1H3;3-6H,7-10H2,1-2H3. The van der Waals surface area contributed by atoms with Crippen LogP contribution in [0.5, 0.6) is 11.5 Å². The highest BCUT2D eigenvalue weighted by atomic mass is 32.2. The van der Waals surface area contributed by atoms with E-state index in [0.29, 0.717) is 6.42 Å². The molecule has 0 saturated carbocycles. The van der Waals surface area contributed by atoms with Gasteiger partial charge in [-0.2, -0.15) is 0 Å². The van der Waals surface area contributed by atoms with Crippen molar-refractivity contribution in [3.8, 4) is 11.5 Å². The molecule has 35 heavy (non-hydrogen) atoms. The molecule has 1 aliphatic heterocycles. The Morgan fingerprint density at radius 3 is 2.09 bits per heavy atom. The van der Waals surface area contributed by atoms with E-state index in [1.54, 1.807) is 7.11 Å². The van der Waals surface area contributed by atoms with Gasteiger partial charge in [-0.25, -0.2) is 0 Å². The number of anilines is 1. The predicted octanol–water partition coefficient (Wildman–Crippen LogP) is 6.05. The average molecular weight is 493 g/mol. The number of nitrogens with zero attached hydrogens (tertiary/aromatic N) is 2. The lowest BCUT2D eigenvalue weighted by atomic mass is 10.1. The van der Waals surface area contributed by atoms with E-state index >= 15 is 0 Å². The summed E-state index contributed by atoms with van der Waals surface area (Å²) in [5, 5.41) is 0. The molecule has 0 bridgehead atoms. The van der Waals surface area contributed by atoms with Gasteiger partial charge in [0.15, 0.2) is 0 Å². The first-order valence-electron chi connectivity index (χ1n) is 12.1. The van der Waals surface area contributed by atoms with Gasteiger partial charge in [-0.1, -0.05) is 29.8 Å². The minimum atomic E-state index is 0.627. The largest absolute Gasteiger partial charge is 0.497 e. The second-order valence-corrected chi connectivity index (χ2v) is 9.48. The summed E-state index contributed by atoms with van der Waals surface area (Å²) in [7, 11) is 3.87. The molecule has 5 nitrogen and oxygen atoms in total. The fourth-order valence-electron chi connectivity index (χ4n) is 3.65. The van der Waals surface area contributed by atoms with Gasteiger partial charge in [0.25, 0.3) is 0 Å². The van der Waals surface area contributed by atoms with Crippen LogP contribution in [0.1, 0.15) is 24.0 Å². The maximum atomic E-state index is 10.3. The number of aldehydes is 1. The molecule has 1 fully saturated rings. The molecule has 0 atom stereocenters. The first-order valence-corrected chi connectivity index (χ1v) is 12.8. The molecule has 186 valence electrons. The monoisotopic (exact) mass is 492 g/mol. The third kappa shape index (κ3) is 9.30. The van der Waals surface area contributed by atoms with Crippen LogP contribution in [0.2, 0.25) is 0 Å². The lowest BCUT2D eigenvalue weighted by Crippen LogP contribution is -2.44. The minimum absolute atomic E-state index is 0.627. The van der Waals surface area contributed by atoms with Crippen LogP contribution >= 0.6 is 12.0 Å². The van der Waals surface area contributed by atoms with Crippen molar-refractivity contribution < 1.29 is 13.7 Å². The van der Waals surface area contributed by atoms with Crippen molar-refractivity contribution in [1.29, 1.82) is 0 Å². The first-order chi connectivity index (χ1) is 17.1. The summed E-state index contributed by atoms with van der Waals surface area (Å²) in [5.74, 6) is 1.77. The van der Waals surface area contributed by atoms with Gasteiger partial charge in [-0.15, -0.1) is 0 Å².